The number of furan rings is 1. The van der Waals surface area contributed by atoms with Crippen molar-refractivity contribution >= 4 is 11.0 Å². The zero-order valence-electron chi connectivity index (χ0n) is 12.1. The van der Waals surface area contributed by atoms with Crippen LogP contribution in [0.25, 0.3) is 11.0 Å². The maximum atomic E-state index is 9.69. The van der Waals surface area contributed by atoms with Crippen LogP contribution in [0, 0.1) is 0 Å². The van der Waals surface area contributed by atoms with Gasteiger partial charge in [0.15, 0.2) is 0 Å². The summed E-state index contributed by atoms with van der Waals surface area (Å²) in [4.78, 5) is 0. The van der Waals surface area contributed by atoms with Crippen molar-refractivity contribution in [3.63, 3.8) is 0 Å². The highest BCUT2D eigenvalue weighted by atomic mass is 16.3. The van der Waals surface area contributed by atoms with Crippen molar-refractivity contribution in [2.24, 2.45) is 0 Å². The number of hydrogen-bond acceptors (Lipinski definition) is 2. The fourth-order valence-electron chi connectivity index (χ4n) is 2.36. The Bertz CT molecular complexity index is 577. The highest BCUT2D eigenvalue weighted by Crippen LogP contribution is 2.41. The van der Waals surface area contributed by atoms with Gasteiger partial charge in [-0.1, -0.05) is 41.5 Å². The molecule has 2 aromatic rings. The van der Waals surface area contributed by atoms with Crippen molar-refractivity contribution in [1.82, 2.24) is 0 Å². The van der Waals surface area contributed by atoms with E-state index in [1.54, 1.807) is 12.1 Å². The Kier molecular flexibility index (Phi) is 2.73. The smallest absolute Gasteiger partial charge is 0.134 e. The van der Waals surface area contributed by atoms with Gasteiger partial charge < -0.3 is 9.52 Å². The van der Waals surface area contributed by atoms with Crippen LogP contribution >= 0.6 is 0 Å². The van der Waals surface area contributed by atoms with Crippen LogP contribution in [0.15, 0.2) is 22.6 Å². The third-order valence-corrected chi connectivity index (χ3v) is 3.10. The number of benzene rings is 1. The average molecular weight is 246 g/mol. The summed E-state index contributed by atoms with van der Waals surface area (Å²) in [7, 11) is 0. The first-order chi connectivity index (χ1) is 8.10. The molecule has 1 aromatic carbocycles. The topological polar surface area (TPSA) is 33.4 Å². The van der Waals surface area contributed by atoms with Gasteiger partial charge in [-0.3, -0.25) is 0 Å². The Balaban J connectivity index is 2.87. The number of fused-ring (bicyclic) bond motifs is 1. The van der Waals surface area contributed by atoms with E-state index in [9.17, 15) is 5.11 Å². The lowest BCUT2D eigenvalue weighted by atomic mass is 9.78. The maximum Gasteiger partial charge on any atom is 0.134 e. The standard InChI is InChI=1S/C16H22O2/c1-15(2,3)13-11-9-10(17)7-8-12(11)18-14(13)16(4,5)6/h7-9,17H,1-6H3. The molecule has 2 heteroatoms. The first-order valence-corrected chi connectivity index (χ1v) is 6.37. The zero-order valence-corrected chi connectivity index (χ0v) is 12.1. The van der Waals surface area contributed by atoms with E-state index in [0.29, 0.717) is 0 Å². The monoisotopic (exact) mass is 246 g/mol. The summed E-state index contributed by atoms with van der Waals surface area (Å²) < 4.78 is 6.03. The van der Waals surface area contributed by atoms with E-state index in [1.165, 1.54) is 5.56 Å². The third kappa shape index (κ3) is 2.12. The first kappa shape index (κ1) is 13.0. The van der Waals surface area contributed by atoms with E-state index in [1.807, 2.05) is 6.07 Å². The molecule has 0 aliphatic carbocycles. The van der Waals surface area contributed by atoms with E-state index >= 15 is 0 Å². The summed E-state index contributed by atoms with van der Waals surface area (Å²) >= 11 is 0. The SMILES string of the molecule is CC(C)(C)c1oc2ccc(O)cc2c1C(C)(C)C. The van der Waals surface area contributed by atoms with Crippen LogP contribution in [-0.2, 0) is 10.8 Å². The highest BCUT2D eigenvalue weighted by molar-refractivity contribution is 5.85. The molecule has 0 radical (unpaired) electrons. The van der Waals surface area contributed by atoms with Crippen molar-refractivity contribution in [3.05, 3.63) is 29.5 Å². The summed E-state index contributed by atoms with van der Waals surface area (Å²) in [5, 5.41) is 10.7. The van der Waals surface area contributed by atoms with Crippen molar-refractivity contribution in [2.75, 3.05) is 0 Å². The van der Waals surface area contributed by atoms with Crippen molar-refractivity contribution in [1.29, 1.82) is 0 Å². The zero-order chi connectivity index (χ0) is 13.7. The average Bonchev–Trinajstić information content (AvgIpc) is 2.54. The van der Waals surface area contributed by atoms with E-state index in [-0.39, 0.29) is 16.6 Å². The molecule has 0 aliphatic heterocycles. The predicted octanol–water partition coefficient (Wildman–Crippen LogP) is 4.73. The summed E-state index contributed by atoms with van der Waals surface area (Å²) in [5.74, 6) is 1.30. The summed E-state index contributed by atoms with van der Waals surface area (Å²) in [5.41, 5.74) is 1.99. The van der Waals surface area contributed by atoms with Gasteiger partial charge in [0.1, 0.15) is 17.1 Å². The van der Waals surface area contributed by atoms with Gasteiger partial charge in [-0.15, -0.1) is 0 Å². The molecule has 0 atom stereocenters. The molecule has 0 spiro atoms. The Morgan fingerprint density at radius 2 is 1.56 bits per heavy atom. The fourth-order valence-corrected chi connectivity index (χ4v) is 2.36. The van der Waals surface area contributed by atoms with Gasteiger partial charge >= 0.3 is 0 Å². The second-order valence-electron chi connectivity index (χ2n) is 6.99. The fraction of sp³-hybridized carbons (Fsp3) is 0.500. The molecule has 1 N–H and O–H groups in total. The second kappa shape index (κ2) is 3.78. The van der Waals surface area contributed by atoms with Gasteiger partial charge in [-0.2, -0.15) is 0 Å². The molecule has 0 aliphatic rings. The van der Waals surface area contributed by atoms with Crippen LogP contribution in [0.3, 0.4) is 0 Å². The van der Waals surface area contributed by atoms with Crippen LogP contribution in [0.4, 0.5) is 0 Å². The Labute approximate surface area is 109 Å². The number of phenolic OH excluding ortho intramolecular Hbond substituents is 1. The summed E-state index contributed by atoms with van der Waals surface area (Å²) in [6.45, 7) is 13.0. The molecule has 1 aromatic heterocycles. The highest BCUT2D eigenvalue weighted by Gasteiger charge is 2.31. The van der Waals surface area contributed by atoms with Gasteiger partial charge in [0.05, 0.1) is 0 Å². The minimum atomic E-state index is -0.0444. The molecule has 2 rings (SSSR count). The molecule has 98 valence electrons. The first-order valence-electron chi connectivity index (χ1n) is 6.37. The Morgan fingerprint density at radius 1 is 0.944 bits per heavy atom. The molecule has 18 heavy (non-hydrogen) atoms. The van der Waals surface area contributed by atoms with E-state index < -0.39 is 0 Å². The molecular formula is C16H22O2. The van der Waals surface area contributed by atoms with Crippen molar-refractivity contribution in [3.8, 4) is 5.75 Å². The molecule has 0 saturated carbocycles. The minimum absolute atomic E-state index is 0.0122. The third-order valence-electron chi connectivity index (χ3n) is 3.10. The van der Waals surface area contributed by atoms with Gasteiger partial charge in [0.2, 0.25) is 0 Å². The molecule has 0 unspecified atom stereocenters. The maximum absolute atomic E-state index is 9.69. The van der Waals surface area contributed by atoms with Crippen LogP contribution < -0.4 is 0 Å². The predicted molar refractivity (Wildman–Crippen MR) is 75.3 cm³/mol. The normalized spacial score (nSPS) is 13.2. The molecule has 0 bridgehead atoms. The van der Waals surface area contributed by atoms with E-state index in [4.69, 9.17) is 4.42 Å². The van der Waals surface area contributed by atoms with Crippen LogP contribution in [0.5, 0.6) is 5.75 Å². The molecule has 0 fully saturated rings. The van der Waals surface area contributed by atoms with Gasteiger partial charge in [-0.25, -0.2) is 0 Å². The number of rotatable bonds is 0. The molecule has 2 nitrogen and oxygen atoms in total. The van der Waals surface area contributed by atoms with Gasteiger partial charge in [-0.05, 0) is 23.6 Å². The largest absolute Gasteiger partial charge is 0.508 e. The van der Waals surface area contributed by atoms with Gasteiger partial charge in [0, 0.05) is 16.4 Å². The number of aromatic hydroxyl groups is 1. The van der Waals surface area contributed by atoms with Crippen LogP contribution in [0.2, 0.25) is 0 Å². The van der Waals surface area contributed by atoms with E-state index in [0.717, 1.165) is 16.7 Å². The van der Waals surface area contributed by atoms with E-state index in [2.05, 4.69) is 41.5 Å². The summed E-state index contributed by atoms with van der Waals surface area (Å²) in [6.07, 6.45) is 0. The number of phenols is 1. The minimum Gasteiger partial charge on any atom is -0.508 e. The lowest BCUT2D eigenvalue weighted by molar-refractivity contribution is 0.409. The molecule has 0 saturated heterocycles. The number of hydrogen-bond donors (Lipinski definition) is 1. The van der Waals surface area contributed by atoms with Gasteiger partial charge in [0.25, 0.3) is 0 Å². The van der Waals surface area contributed by atoms with Crippen LogP contribution in [-0.4, -0.2) is 5.11 Å². The quantitative estimate of drug-likeness (QED) is 0.728. The van der Waals surface area contributed by atoms with Crippen molar-refractivity contribution < 1.29 is 9.52 Å². The lowest BCUT2D eigenvalue weighted by Gasteiger charge is -2.25. The molecule has 0 amide bonds. The van der Waals surface area contributed by atoms with Crippen molar-refractivity contribution in [2.45, 2.75) is 52.4 Å². The van der Waals surface area contributed by atoms with Crippen LogP contribution in [0.1, 0.15) is 52.9 Å². The Morgan fingerprint density at radius 3 is 2.06 bits per heavy atom. The Hall–Kier alpha value is -1.44. The summed E-state index contributed by atoms with van der Waals surface area (Å²) in [6, 6.07) is 5.31. The molecular weight excluding hydrogens is 224 g/mol. The molecule has 1 heterocycles. The lowest BCUT2D eigenvalue weighted by Crippen LogP contribution is -2.20. The second-order valence-corrected chi connectivity index (χ2v) is 6.99.